The van der Waals surface area contributed by atoms with Crippen molar-refractivity contribution in [3.05, 3.63) is 102 Å². The number of nitrogens with one attached hydrogen (secondary N) is 1. The van der Waals surface area contributed by atoms with Crippen LogP contribution in [0.25, 0.3) is 0 Å². The zero-order chi connectivity index (χ0) is 28.6. The lowest BCUT2D eigenvalue weighted by Gasteiger charge is -2.20. The molecule has 1 amide bonds. The molecule has 2 N–H and O–H groups in total. The van der Waals surface area contributed by atoms with Gasteiger partial charge >= 0.3 is 5.97 Å². The summed E-state index contributed by atoms with van der Waals surface area (Å²) in [6.45, 7) is 0. The maximum atomic E-state index is 12.9. The number of hydrogen-bond donors (Lipinski definition) is 2. The van der Waals surface area contributed by atoms with Gasteiger partial charge in [0.1, 0.15) is 0 Å². The largest absolute Gasteiger partial charge is 0.481 e. The predicted molar refractivity (Wildman–Crippen MR) is 162 cm³/mol. The van der Waals surface area contributed by atoms with Crippen molar-refractivity contribution in [3.8, 4) is 0 Å². The van der Waals surface area contributed by atoms with Crippen LogP contribution in [0.1, 0.15) is 73.3 Å². The molecule has 0 bridgehead atoms. The fourth-order valence-electron chi connectivity index (χ4n) is 4.64. The molecule has 8 heteroatoms. The quantitative estimate of drug-likeness (QED) is 0.158. The summed E-state index contributed by atoms with van der Waals surface area (Å²) in [5.74, 6) is -1.18. The second-order valence-corrected chi connectivity index (χ2v) is 12.8. The minimum atomic E-state index is -3.98. The van der Waals surface area contributed by atoms with E-state index in [1.807, 2.05) is 24.3 Å². The number of rotatable bonds is 18. The van der Waals surface area contributed by atoms with E-state index in [-0.39, 0.29) is 23.0 Å². The summed E-state index contributed by atoms with van der Waals surface area (Å²) in [7, 11) is -3.98. The number of carbonyl (C=O) groups is 2. The molecule has 0 spiro atoms. The average Bonchev–Trinajstić information content (AvgIpc) is 2.95. The van der Waals surface area contributed by atoms with E-state index in [1.165, 1.54) is 55.1 Å². The average molecular weight is 582 g/mol. The van der Waals surface area contributed by atoms with Gasteiger partial charge < -0.3 is 5.11 Å². The number of amides is 1. The van der Waals surface area contributed by atoms with Gasteiger partial charge in [0.25, 0.3) is 10.0 Å². The molecule has 40 heavy (non-hydrogen) atoms. The van der Waals surface area contributed by atoms with E-state index in [4.69, 9.17) is 5.11 Å². The Morgan fingerprint density at radius 2 is 1.32 bits per heavy atom. The highest BCUT2D eigenvalue weighted by atomic mass is 32.2. The van der Waals surface area contributed by atoms with Crippen LogP contribution in [-0.4, -0.2) is 31.2 Å². The van der Waals surface area contributed by atoms with E-state index in [0.717, 1.165) is 36.8 Å². The molecule has 3 rings (SSSR count). The summed E-state index contributed by atoms with van der Waals surface area (Å²) in [4.78, 5) is 24.0. The van der Waals surface area contributed by atoms with Crippen molar-refractivity contribution in [2.24, 2.45) is 0 Å². The van der Waals surface area contributed by atoms with E-state index in [2.05, 4.69) is 35.1 Å². The Hall–Kier alpha value is -3.10. The summed E-state index contributed by atoms with van der Waals surface area (Å²) < 4.78 is 27.5. The van der Waals surface area contributed by atoms with Crippen LogP contribution in [0.3, 0.4) is 0 Å². The fourth-order valence-corrected chi connectivity index (χ4v) is 6.91. The first-order valence-electron chi connectivity index (χ1n) is 13.9. The first-order chi connectivity index (χ1) is 19.3. The zero-order valence-electron chi connectivity index (χ0n) is 22.8. The third-order valence-electron chi connectivity index (χ3n) is 6.71. The molecule has 0 aliphatic rings. The van der Waals surface area contributed by atoms with Crippen molar-refractivity contribution in [1.82, 2.24) is 4.72 Å². The van der Waals surface area contributed by atoms with Gasteiger partial charge in [-0.1, -0.05) is 98.5 Å². The molecule has 0 aliphatic carbocycles. The maximum absolute atomic E-state index is 12.9. The van der Waals surface area contributed by atoms with Crippen molar-refractivity contribution in [1.29, 1.82) is 0 Å². The predicted octanol–water partition coefficient (Wildman–Crippen LogP) is 6.96. The monoisotopic (exact) mass is 581 g/mol. The Kier molecular flexibility index (Phi) is 13.3. The van der Waals surface area contributed by atoms with Crippen molar-refractivity contribution in [2.75, 3.05) is 5.75 Å². The van der Waals surface area contributed by atoms with Crippen molar-refractivity contribution < 1.29 is 23.1 Å². The molecule has 0 radical (unpaired) electrons. The third-order valence-corrected chi connectivity index (χ3v) is 9.37. The molecule has 6 nitrogen and oxygen atoms in total. The summed E-state index contributed by atoms with van der Waals surface area (Å²) >= 11 is 1.38. The van der Waals surface area contributed by atoms with Crippen LogP contribution < -0.4 is 4.72 Å². The Labute approximate surface area is 242 Å². The first-order valence-corrected chi connectivity index (χ1v) is 16.4. The molecule has 214 valence electrons. The van der Waals surface area contributed by atoms with Gasteiger partial charge in [-0.05, 0) is 54.5 Å². The molecule has 1 atom stereocenters. The van der Waals surface area contributed by atoms with Gasteiger partial charge in [0.05, 0.1) is 11.3 Å². The van der Waals surface area contributed by atoms with Gasteiger partial charge in [0.2, 0.25) is 5.91 Å². The van der Waals surface area contributed by atoms with Crippen LogP contribution in [0.4, 0.5) is 0 Å². The van der Waals surface area contributed by atoms with Crippen molar-refractivity contribution in [2.45, 2.75) is 74.4 Å². The Morgan fingerprint density at radius 3 is 2.00 bits per heavy atom. The van der Waals surface area contributed by atoms with Crippen LogP contribution in [0.5, 0.6) is 0 Å². The molecule has 3 aromatic carbocycles. The Morgan fingerprint density at radius 1 is 0.750 bits per heavy atom. The van der Waals surface area contributed by atoms with E-state index in [9.17, 15) is 18.0 Å². The summed E-state index contributed by atoms with van der Waals surface area (Å²) in [5, 5.41) is 8.77. The molecule has 3 aromatic rings. The van der Waals surface area contributed by atoms with Gasteiger partial charge in [-0.15, -0.1) is 0 Å². The molecule has 0 aromatic heterocycles. The fraction of sp³-hybridized carbons (Fsp3) is 0.375. The number of benzene rings is 3. The number of unbranched alkanes of at least 4 members (excludes halogenated alkanes) is 5. The molecule has 0 heterocycles. The minimum Gasteiger partial charge on any atom is -0.481 e. The molecule has 0 saturated carbocycles. The van der Waals surface area contributed by atoms with Gasteiger partial charge in [0, 0.05) is 17.4 Å². The highest BCUT2D eigenvalue weighted by molar-refractivity contribution is 7.99. The molecular formula is C32H39NO5S2. The van der Waals surface area contributed by atoms with Crippen molar-refractivity contribution >= 4 is 33.7 Å². The van der Waals surface area contributed by atoms with Crippen LogP contribution in [0.2, 0.25) is 0 Å². The van der Waals surface area contributed by atoms with Crippen molar-refractivity contribution in [3.63, 3.8) is 0 Å². The second-order valence-electron chi connectivity index (χ2n) is 9.85. The number of aliphatic carboxylic acids is 1. The summed E-state index contributed by atoms with van der Waals surface area (Å²) in [6, 6.07) is 26.3. The number of carboxylic acids is 1. The molecule has 0 saturated heterocycles. The molecular weight excluding hydrogens is 542 g/mol. The standard InChI is InChI=1S/C32H39NO5S2/c34-31(33-40(37,38)28-20-11-6-12-21-28)25-30(39-24-23-32(35)36)29-22-14-13-19-27(29)18-10-4-2-1-3-7-15-26-16-8-5-9-17-26/h5-6,8-9,11-14,16-17,19-22,30H,1-4,7,10,15,18,23-25H2,(H,33,34)(H,35,36). The zero-order valence-corrected chi connectivity index (χ0v) is 24.5. The Balaban J connectivity index is 1.54. The number of thioether (sulfide) groups is 1. The first kappa shape index (κ1) is 31.4. The van der Waals surface area contributed by atoms with Gasteiger partial charge in [0.15, 0.2) is 0 Å². The van der Waals surface area contributed by atoms with Crippen LogP contribution in [0.15, 0.2) is 89.8 Å². The number of carbonyl (C=O) groups excluding carboxylic acids is 1. The summed E-state index contributed by atoms with van der Waals surface area (Å²) in [5.41, 5.74) is 3.48. The normalized spacial score (nSPS) is 12.1. The number of sulfonamides is 1. The van der Waals surface area contributed by atoms with E-state index >= 15 is 0 Å². The van der Waals surface area contributed by atoms with Gasteiger partial charge in [-0.25, -0.2) is 13.1 Å². The Bertz CT molecular complexity index is 1300. The van der Waals surface area contributed by atoms with E-state index in [1.54, 1.807) is 18.2 Å². The number of hydrogen-bond acceptors (Lipinski definition) is 5. The third kappa shape index (κ3) is 11.2. The lowest BCUT2D eigenvalue weighted by atomic mass is 9.97. The topological polar surface area (TPSA) is 101 Å². The molecule has 0 fully saturated rings. The van der Waals surface area contributed by atoms with Crippen LogP contribution in [-0.2, 0) is 32.5 Å². The minimum absolute atomic E-state index is 0.0268. The van der Waals surface area contributed by atoms with E-state index < -0.39 is 21.9 Å². The number of aryl methyl sites for hydroxylation is 2. The van der Waals surface area contributed by atoms with Gasteiger partial charge in [-0.3, -0.25) is 9.59 Å². The smallest absolute Gasteiger partial charge is 0.304 e. The second kappa shape index (κ2) is 16.9. The molecule has 1 unspecified atom stereocenters. The highest BCUT2D eigenvalue weighted by Crippen LogP contribution is 2.35. The lowest BCUT2D eigenvalue weighted by Crippen LogP contribution is -2.31. The van der Waals surface area contributed by atoms with E-state index in [0.29, 0.717) is 5.75 Å². The highest BCUT2D eigenvalue weighted by Gasteiger charge is 2.23. The number of carboxylic acid groups (broad SMARTS) is 1. The molecule has 0 aliphatic heterocycles. The summed E-state index contributed by atoms with van der Waals surface area (Å²) in [6.07, 6.45) is 8.83. The SMILES string of the molecule is O=C(O)CCSC(CC(=O)NS(=O)(=O)c1ccccc1)c1ccccc1CCCCCCCCc1ccccc1. The maximum Gasteiger partial charge on any atom is 0.304 e. The van der Waals surface area contributed by atoms with Crippen LogP contribution in [0, 0.1) is 0 Å². The van der Waals surface area contributed by atoms with Gasteiger partial charge in [-0.2, -0.15) is 11.8 Å². The van der Waals surface area contributed by atoms with Crippen LogP contribution >= 0.6 is 11.8 Å². The lowest BCUT2D eigenvalue weighted by molar-refractivity contribution is -0.136.